The summed E-state index contributed by atoms with van der Waals surface area (Å²) in [7, 11) is 0. The van der Waals surface area contributed by atoms with Gasteiger partial charge in [0.1, 0.15) is 0 Å². The SMILES string of the molecule is Cc1ccccc1SN1C(c2ccc(Cl)cc2)C(C(=O)NO)=CC1C(C)(C)C. The van der Waals surface area contributed by atoms with Crippen molar-refractivity contribution in [3.8, 4) is 0 Å². The van der Waals surface area contributed by atoms with Gasteiger partial charge in [-0.3, -0.25) is 10.0 Å². The maximum Gasteiger partial charge on any atom is 0.272 e. The quantitative estimate of drug-likeness (QED) is 0.389. The van der Waals surface area contributed by atoms with E-state index in [4.69, 9.17) is 11.6 Å². The first-order valence-electron chi connectivity index (χ1n) is 9.16. The third kappa shape index (κ3) is 4.28. The molecule has 2 unspecified atom stereocenters. The van der Waals surface area contributed by atoms with Gasteiger partial charge in [-0.2, -0.15) is 0 Å². The number of hydrogen-bond acceptors (Lipinski definition) is 4. The predicted molar refractivity (Wildman–Crippen MR) is 114 cm³/mol. The Kier molecular flexibility index (Phi) is 6.20. The van der Waals surface area contributed by atoms with E-state index in [2.05, 4.69) is 44.1 Å². The summed E-state index contributed by atoms with van der Waals surface area (Å²) in [4.78, 5) is 13.6. The summed E-state index contributed by atoms with van der Waals surface area (Å²) in [6, 6.07) is 15.4. The van der Waals surface area contributed by atoms with Crippen LogP contribution in [0, 0.1) is 12.3 Å². The van der Waals surface area contributed by atoms with Crippen LogP contribution in [0.1, 0.15) is 37.9 Å². The van der Waals surface area contributed by atoms with Crippen molar-refractivity contribution in [2.75, 3.05) is 0 Å². The number of carbonyl (C=O) groups excluding carboxylic acids is 1. The lowest BCUT2D eigenvalue weighted by atomic mass is 9.87. The van der Waals surface area contributed by atoms with Crippen LogP contribution in [0.3, 0.4) is 0 Å². The monoisotopic (exact) mass is 416 g/mol. The molecule has 6 heteroatoms. The predicted octanol–water partition coefficient (Wildman–Crippen LogP) is 5.56. The number of carbonyl (C=O) groups is 1. The molecule has 2 N–H and O–H groups in total. The Bertz CT molecular complexity index is 890. The summed E-state index contributed by atoms with van der Waals surface area (Å²) in [5, 5.41) is 9.97. The van der Waals surface area contributed by atoms with Gasteiger partial charge in [0.15, 0.2) is 0 Å². The molecule has 2 aromatic rings. The minimum absolute atomic E-state index is 0.00918. The third-order valence-corrected chi connectivity index (χ3v) is 6.45. The van der Waals surface area contributed by atoms with Crippen LogP contribution in [-0.4, -0.2) is 21.5 Å². The zero-order chi connectivity index (χ0) is 20.5. The van der Waals surface area contributed by atoms with Crippen molar-refractivity contribution in [3.05, 3.63) is 76.3 Å². The lowest BCUT2D eigenvalue weighted by Crippen LogP contribution is -2.37. The summed E-state index contributed by atoms with van der Waals surface area (Å²) in [6.07, 6.45) is 1.97. The molecular formula is C22H25ClN2O2S. The van der Waals surface area contributed by atoms with Gasteiger partial charge in [-0.1, -0.05) is 68.8 Å². The molecule has 148 valence electrons. The van der Waals surface area contributed by atoms with Crippen molar-refractivity contribution in [2.45, 2.75) is 44.7 Å². The molecule has 0 saturated carbocycles. The van der Waals surface area contributed by atoms with E-state index < -0.39 is 5.91 Å². The van der Waals surface area contributed by atoms with E-state index in [1.165, 1.54) is 5.56 Å². The fourth-order valence-electron chi connectivity index (χ4n) is 3.38. The van der Waals surface area contributed by atoms with Crippen molar-refractivity contribution in [3.63, 3.8) is 0 Å². The van der Waals surface area contributed by atoms with E-state index in [-0.39, 0.29) is 17.5 Å². The molecular weight excluding hydrogens is 392 g/mol. The second-order valence-corrected chi connectivity index (χ2v) is 9.53. The second kappa shape index (κ2) is 8.29. The van der Waals surface area contributed by atoms with Crippen LogP contribution in [0.4, 0.5) is 0 Å². The molecule has 0 saturated heterocycles. The van der Waals surface area contributed by atoms with E-state index >= 15 is 0 Å². The van der Waals surface area contributed by atoms with Gasteiger partial charge in [-0.25, -0.2) is 9.79 Å². The fraction of sp³-hybridized carbons (Fsp3) is 0.318. The topological polar surface area (TPSA) is 52.6 Å². The van der Waals surface area contributed by atoms with Crippen molar-refractivity contribution in [2.24, 2.45) is 5.41 Å². The first kappa shape index (κ1) is 20.9. The van der Waals surface area contributed by atoms with Crippen molar-refractivity contribution < 1.29 is 10.0 Å². The van der Waals surface area contributed by atoms with Gasteiger partial charge in [0.2, 0.25) is 0 Å². The molecule has 3 rings (SSSR count). The maximum absolute atomic E-state index is 12.5. The molecule has 0 aliphatic carbocycles. The number of halogens is 1. The van der Waals surface area contributed by atoms with Gasteiger partial charge in [0, 0.05) is 21.5 Å². The highest BCUT2D eigenvalue weighted by atomic mass is 35.5. The molecule has 1 amide bonds. The maximum atomic E-state index is 12.5. The number of amides is 1. The smallest absolute Gasteiger partial charge is 0.272 e. The first-order valence-corrected chi connectivity index (χ1v) is 10.3. The highest BCUT2D eigenvalue weighted by Gasteiger charge is 2.44. The average Bonchev–Trinajstić information content (AvgIpc) is 3.03. The number of aryl methyl sites for hydroxylation is 1. The van der Waals surface area contributed by atoms with Crippen molar-refractivity contribution >= 4 is 29.5 Å². The molecule has 0 spiro atoms. The minimum atomic E-state index is -0.484. The Morgan fingerprint density at radius 3 is 2.36 bits per heavy atom. The van der Waals surface area contributed by atoms with E-state index in [0.29, 0.717) is 10.6 Å². The van der Waals surface area contributed by atoms with Gasteiger partial charge in [-0.15, -0.1) is 0 Å². The van der Waals surface area contributed by atoms with Crippen LogP contribution in [0.25, 0.3) is 0 Å². The molecule has 2 atom stereocenters. The van der Waals surface area contributed by atoms with Gasteiger partial charge < -0.3 is 0 Å². The lowest BCUT2D eigenvalue weighted by Gasteiger charge is -2.37. The van der Waals surface area contributed by atoms with E-state index in [1.807, 2.05) is 48.0 Å². The van der Waals surface area contributed by atoms with Crippen LogP contribution in [0.15, 0.2) is 65.1 Å². The number of rotatable bonds is 4. The molecule has 0 fully saturated rings. The summed E-state index contributed by atoms with van der Waals surface area (Å²) in [5.74, 6) is -0.484. The number of benzene rings is 2. The minimum Gasteiger partial charge on any atom is -0.288 e. The summed E-state index contributed by atoms with van der Waals surface area (Å²) < 4.78 is 2.25. The number of hydroxylamine groups is 1. The van der Waals surface area contributed by atoms with E-state index in [0.717, 1.165) is 10.5 Å². The van der Waals surface area contributed by atoms with Gasteiger partial charge in [0.25, 0.3) is 5.91 Å². The molecule has 4 nitrogen and oxygen atoms in total. The summed E-state index contributed by atoms with van der Waals surface area (Å²) in [5.41, 5.74) is 4.36. The number of nitrogens with one attached hydrogen (secondary N) is 1. The Hall–Kier alpha value is -1.79. The van der Waals surface area contributed by atoms with Gasteiger partial charge >= 0.3 is 0 Å². The zero-order valence-electron chi connectivity index (χ0n) is 16.4. The third-order valence-electron chi connectivity index (χ3n) is 4.89. The van der Waals surface area contributed by atoms with Crippen LogP contribution in [0.5, 0.6) is 0 Å². The Labute approximate surface area is 175 Å². The summed E-state index contributed by atoms with van der Waals surface area (Å²) >= 11 is 7.72. The highest BCUT2D eigenvalue weighted by Crippen LogP contribution is 2.48. The van der Waals surface area contributed by atoms with Crippen molar-refractivity contribution in [1.29, 1.82) is 0 Å². The standard InChI is InChI=1S/C22H25ClN2O2S/c1-14-7-5-6-8-18(14)28-25-19(22(2,3)4)13-17(21(26)24-27)20(25)15-9-11-16(23)12-10-15/h5-13,19-20,27H,1-4H3,(H,24,26). The fourth-order valence-corrected chi connectivity index (χ4v) is 4.92. The molecule has 1 heterocycles. The molecule has 0 aromatic heterocycles. The average molecular weight is 417 g/mol. The Balaban J connectivity index is 2.10. The van der Waals surface area contributed by atoms with Crippen LogP contribution < -0.4 is 5.48 Å². The largest absolute Gasteiger partial charge is 0.288 e. The number of hydrogen-bond donors (Lipinski definition) is 2. The summed E-state index contributed by atoms with van der Waals surface area (Å²) in [6.45, 7) is 8.53. The Morgan fingerprint density at radius 2 is 1.79 bits per heavy atom. The molecule has 0 radical (unpaired) electrons. The second-order valence-electron chi connectivity index (χ2n) is 8.04. The molecule has 1 aliphatic heterocycles. The van der Waals surface area contributed by atoms with Gasteiger partial charge in [-0.05, 0) is 53.6 Å². The van der Waals surface area contributed by atoms with Crippen LogP contribution >= 0.6 is 23.5 Å². The zero-order valence-corrected chi connectivity index (χ0v) is 18.0. The van der Waals surface area contributed by atoms with E-state index in [9.17, 15) is 10.0 Å². The number of nitrogens with zero attached hydrogens (tertiary/aromatic N) is 1. The molecule has 1 aliphatic rings. The molecule has 2 aromatic carbocycles. The molecule has 28 heavy (non-hydrogen) atoms. The highest BCUT2D eigenvalue weighted by molar-refractivity contribution is 7.97. The van der Waals surface area contributed by atoms with Gasteiger partial charge in [0.05, 0.1) is 6.04 Å². The molecule has 0 bridgehead atoms. The normalized spacial score (nSPS) is 20.1. The Morgan fingerprint density at radius 1 is 1.14 bits per heavy atom. The first-order chi connectivity index (χ1) is 13.2. The van der Waals surface area contributed by atoms with Crippen LogP contribution in [0.2, 0.25) is 5.02 Å². The van der Waals surface area contributed by atoms with Crippen molar-refractivity contribution in [1.82, 2.24) is 9.79 Å². The lowest BCUT2D eigenvalue weighted by molar-refractivity contribution is -0.125. The van der Waals surface area contributed by atoms with E-state index in [1.54, 1.807) is 11.9 Å². The van der Waals surface area contributed by atoms with Crippen LogP contribution in [-0.2, 0) is 4.79 Å².